The minimum Gasteiger partial charge on any atom is -0.353 e. The molecule has 0 aliphatic carbocycles. The van der Waals surface area contributed by atoms with E-state index in [0.717, 1.165) is 69.7 Å². The molecule has 150 valence electrons. The Morgan fingerprint density at radius 3 is 2.31 bits per heavy atom. The van der Waals surface area contributed by atoms with E-state index in [-0.39, 0.29) is 30.7 Å². The van der Waals surface area contributed by atoms with Crippen LogP contribution in [0.25, 0.3) is 0 Å². The van der Waals surface area contributed by atoms with Gasteiger partial charge in [-0.2, -0.15) is 0 Å². The summed E-state index contributed by atoms with van der Waals surface area (Å²) in [6.45, 7) is 3.77. The maximum Gasteiger partial charge on any atom is 0.220 e. The molecule has 2 rings (SSSR count). The van der Waals surface area contributed by atoms with Crippen LogP contribution in [0.3, 0.4) is 0 Å². The third-order valence-electron chi connectivity index (χ3n) is 4.63. The zero-order valence-corrected chi connectivity index (χ0v) is 17.7. The number of unbranched alkanes of at least 4 members (excludes halogenated alkanes) is 3. The van der Waals surface area contributed by atoms with Crippen LogP contribution in [0, 0.1) is 0 Å². The second-order valence-corrected chi connectivity index (χ2v) is 7.13. The second kappa shape index (κ2) is 14.5. The first-order valence-corrected chi connectivity index (χ1v) is 9.51. The first kappa shape index (κ1) is 25.5. The fraction of sp³-hybridized carbons (Fsp3) is 0.632. The van der Waals surface area contributed by atoms with Gasteiger partial charge in [-0.15, -0.1) is 24.8 Å². The summed E-state index contributed by atoms with van der Waals surface area (Å²) in [6, 6.07) is 8.39. The number of carbonyl (C=O) groups excluding carboxylic acids is 1. The number of halogens is 3. The lowest BCUT2D eigenvalue weighted by Gasteiger charge is -2.32. The van der Waals surface area contributed by atoms with Gasteiger partial charge >= 0.3 is 0 Å². The van der Waals surface area contributed by atoms with Crippen LogP contribution in [-0.4, -0.2) is 36.5 Å². The SMILES string of the molecule is Cl.Cl.NCCCCCCC(=O)NC1CCN(Cc2ccc(Cl)cc2)CC1. The zero-order valence-electron chi connectivity index (χ0n) is 15.3. The smallest absolute Gasteiger partial charge is 0.220 e. The molecule has 0 radical (unpaired) electrons. The Kier molecular flexibility index (Phi) is 14.2. The number of piperidine rings is 1. The van der Waals surface area contributed by atoms with Gasteiger partial charge in [-0.25, -0.2) is 0 Å². The molecule has 7 heteroatoms. The van der Waals surface area contributed by atoms with Crippen molar-refractivity contribution in [3.05, 3.63) is 34.9 Å². The standard InChI is InChI=1S/C19H30ClN3O.2ClH/c20-17-8-6-16(7-9-17)15-23-13-10-18(11-14-23)22-19(24)5-3-1-2-4-12-21;;/h6-9,18H,1-5,10-15,21H2,(H,22,24);2*1H. The van der Waals surface area contributed by atoms with Crippen molar-refractivity contribution in [3.8, 4) is 0 Å². The number of carbonyl (C=O) groups is 1. The fourth-order valence-corrected chi connectivity index (χ4v) is 3.29. The van der Waals surface area contributed by atoms with Gasteiger partial charge in [-0.05, 0) is 49.9 Å². The summed E-state index contributed by atoms with van der Waals surface area (Å²) in [5, 5.41) is 3.97. The minimum absolute atomic E-state index is 0. The fourth-order valence-electron chi connectivity index (χ4n) is 3.17. The molecule has 4 nitrogen and oxygen atoms in total. The molecule has 1 aromatic carbocycles. The molecule has 1 amide bonds. The highest BCUT2D eigenvalue weighted by Crippen LogP contribution is 2.16. The Morgan fingerprint density at radius 2 is 1.69 bits per heavy atom. The van der Waals surface area contributed by atoms with Crippen LogP contribution >= 0.6 is 36.4 Å². The number of hydrogen-bond donors (Lipinski definition) is 2. The summed E-state index contributed by atoms with van der Waals surface area (Å²) in [6.07, 6.45) is 6.99. The van der Waals surface area contributed by atoms with Gasteiger partial charge in [0.1, 0.15) is 0 Å². The summed E-state index contributed by atoms with van der Waals surface area (Å²) in [7, 11) is 0. The average molecular weight is 425 g/mol. The Hall–Kier alpha value is -0.520. The van der Waals surface area contributed by atoms with Gasteiger partial charge in [0.25, 0.3) is 0 Å². The van der Waals surface area contributed by atoms with Crippen molar-refractivity contribution in [2.24, 2.45) is 5.73 Å². The Balaban J connectivity index is 0.00000312. The summed E-state index contributed by atoms with van der Waals surface area (Å²) in [5.74, 6) is 0.207. The molecular formula is C19H32Cl3N3O. The van der Waals surface area contributed by atoms with Crippen molar-refractivity contribution in [2.75, 3.05) is 19.6 Å². The molecule has 1 heterocycles. The van der Waals surface area contributed by atoms with Gasteiger partial charge in [-0.1, -0.05) is 36.6 Å². The summed E-state index contributed by atoms with van der Waals surface area (Å²) < 4.78 is 0. The van der Waals surface area contributed by atoms with Crippen LogP contribution in [0.4, 0.5) is 0 Å². The number of hydrogen-bond acceptors (Lipinski definition) is 3. The van der Waals surface area contributed by atoms with Crippen LogP contribution in [0.5, 0.6) is 0 Å². The lowest BCUT2D eigenvalue weighted by Crippen LogP contribution is -2.44. The molecular weight excluding hydrogens is 393 g/mol. The molecule has 0 atom stereocenters. The van der Waals surface area contributed by atoms with E-state index < -0.39 is 0 Å². The molecule has 1 aliphatic heterocycles. The van der Waals surface area contributed by atoms with E-state index in [9.17, 15) is 4.79 Å². The first-order valence-electron chi connectivity index (χ1n) is 9.13. The molecule has 1 aromatic rings. The quantitative estimate of drug-likeness (QED) is 0.585. The Bertz CT molecular complexity index is 491. The third kappa shape index (κ3) is 9.98. The number of likely N-dealkylation sites (tertiary alicyclic amines) is 1. The number of nitrogens with two attached hydrogens (primary N) is 1. The monoisotopic (exact) mass is 423 g/mol. The van der Waals surface area contributed by atoms with Crippen molar-refractivity contribution < 1.29 is 4.79 Å². The molecule has 1 saturated heterocycles. The van der Waals surface area contributed by atoms with Crippen LogP contribution in [0.2, 0.25) is 5.02 Å². The van der Waals surface area contributed by atoms with E-state index in [1.165, 1.54) is 5.56 Å². The molecule has 0 bridgehead atoms. The number of rotatable bonds is 9. The largest absolute Gasteiger partial charge is 0.353 e. The van der Waals surface area contributed by atoms with Crippen LogP contribution < -0.4 is 11.1 Å². The van der Waals surface area contributed by atoms with Gasteiger partial charge in [0, 0.05) is 37.1 Å². The molecule has 26 heavy (non-hydrogen) atoms. The third-order valence-corrected chi connectivity index (χ3v) is 4.88. The highest BCUT2D eigenvalue weighted by atomic mass is 35.5. The van der Waals surface area contributed by atoms with Gasteiger partial charge in [0.05, 0.1) is 0 Å². The molecule has 1 fully saturated rings. The predicted octanol–water partition coefficient (Wildman–Crippen LogP) is 4.17. The number of benzene rings is 1. The normalized spacial score (nSPS) is 15.0. The highest BCUT2D eigenvalue weighted by Gasteiger charge is 2.20. The molecule has 0 saturated carbocycles. The lowest BCUT2D eigenvalue weighted by molar-refractivity contribution is -0.122. The van der Waals surface area contributed by atoms with E-state index in [1.54, 1.807) is 0 Å². The highest BCUT2D eigenvalue weighted by molar-refractivity contribution is 6.30. The maximum atomic E-state index is 12.0. The molecule has 0 unspecified atom stereocenters. The Morgan fingerprint density at radius 1 is 1.08 bits per heavy atom. The van der Waals surface area contributed by atoms with Crippen molar-refractivity contribution in [1.29, 1.82) is 0 Å². The van der Waals surface area contributed by atoms with E-state index in [2.05, 4.69) is 22.3 Å². The van der Waals surface area contributed by atoms with Gasteiger partial charge in [0.2, 0.25) is 5.91 Å². The van der Waals surface area contributed by atoms with Crippen LogP contribution in [0.1, 0.15) is 50.5 Å². The number of nitrogens with one attached hydrogen (secondary N) is 1. The maximum absolute atomic E-state index is 12.0. The van der Waals surface area contributed by atoms with Gasteiger partial charge in [0.15, 0.2) is 0 Å². The molecule has 0 aromatic heterocycles. The van der Waals surface area contributed by atoms with E-state index in [4.69, 9.17) is 17.3 Å². The van der Waals surface area contributed by atoms with Crippen molar-refractivity contribution in [2.45, 2.75) is 57.5 Å². The average Bonchev–Trinajstić information content (AvgIpc) is 2.58. The van der Waals surface area contributed by atoms with Gasteiger partial charge in [-0.3, -0.25) is 9.69 Å². The topological polar surface area (TPSA) is 58.4 Å². The predicted molar refractivity (Wildman–Crippen MR) is 115 cm³/mol. The van der Waals surface area contributed by atoms with Crippen LogP contribution in [0.15, 0.2) is 24.3 Å². The molecule has 3 N–H and O–H groups in total. The van der Waals surface area contributed by atoms with Crippen molar-refractivity contribution in [3.63, 3.8) is 0 Å². The summed E-state index contributed by atoms with van der Waals surface area (Å²) in [4.78, 5) is 14.4. The zero-order chi connectivity index (χ0) is 17.2. The van der Waals surface area contributed by atoms with Crippen molar-refractivity contribution >= 4 is 42.3 Å². The summed E-state index contributed by atoms with van der Waals surface area (Å²) in [5.41, 5.74) is 6.76. The molecule has 0 spiro atoms. The number of amides is 1. The number of nitrogens with zero attached hydrogens (tertiary/aromatic N) is 1. The second-order valence-electron chi connectivity index (χ2n) is 6.70. The minimum atomic E-state index is 0. The van der Waals surface area contributed by atoms with E-state index in [1.807, 2.05) is 12.1 Å². The first-order chi connectivity index (χ1) is 11.7. The van der Waals surface area contributed by atoms with Gasteiger partial charge < -0.3 is 11.1 Å². The van der Waals surface area contributed by atoms with E-state index >= 15 is 0 Å². The van der Waals surface area contributed by atoms with Crippen molar-refractivity contribution in [1.82, 2.24) is 10.2 Å². The lowest BCUT2D eigenvalue weighted by atomic mass is 10.0. The summed E-state index contributed by atoms with van der Waals surface area (Å²) >= 11 is 5.92. The van der Waals surface area contributed by atoms with Crippen LogP contribution in [-0.2, 0) is 11.3 Å². The molecule has 1 aliphatic rings. The Labute approximate surface area is 175 Å². The van der Waals surface area contributed by atoms with E-state index in [0.29, 0.717) is 12.5 Å².